The van der Waals surface area contributed by atoms with Crippen molar-refractivity contribution in [3.8, 4) is 17.1 Å². The van der Waals surface area contributed by atoms with Crippen LogP contribution in [0, 0.1) is 6.92 Å². The lowest BCUT2D eigenvalue weighted by atomic mass is 10.2. The normalized spacial score (nSPS) is 11.4. The molecule has 0 aliphatic carbocycles. The molecule has 2 aromatic carbocycles. The molecule has 25 heavy (non-hydrogen) atoms. The van der Waals surface area contributed by atoms with Crippen LogP contribution in [0.2, 0.25) is 0 Å². The van der Waals surface area contributed by atoms with E-state index in [-0.39, 0.29) is 11.8 Å². The maximum absolute atomic E-state index is 10.1. The molecular weight excluding hydrogens is 316 g/mol. The Balaban J connectivity index is 1.71. The second-order valence-corrected chi connectivity index (χ2v) is 5.58. The molecular formula is C18H14N6O. The number of nitrogens with one attached hydrogen (secondary N) is 1. The van der Waals surface area contributed by atoms with Crippen LogP contribution < -0.4 is 0 Å². The molecule has 0 saturated carbocycles. The number of H-pyrrole nitrogens is 1. The van der Waals surface area contributed by atoms with Crippen molar-refractivity contribution in [2.45, 2.75) is 6.92 Å². The average molecular weight is 330 g/mol. The maximum atomic E-state index is 10.1. The number of nitrogens with zero attached hydrogens (tertiary/aromatic N) is 5. The highest BCUT2D eigenvalue weighted by molar-refractivity contribution is 5.94. The van der Waals surface area contributed by atoms with E-state index < -0.39 is 0 Å². The van der Waals surface area contributed by atoms with E-state index >= 15 is 0 Å². The van der Waals surface area contributed by atoms with E-state index in [9.17, 15) is 5.11 Å². The van der Waals surface area contributed by atoms with Gasteiger partial charge in [-0.2, -0.15) is 5.10 Å². The molecule has 7 heteroatoms. The Labute approximate surface area is 143 Å². The summed E-state index contributed by atoms with van der Waals surface area (Å²) < 4.78 is 0. The highest BCUT2D eigenvalue weighted by Crippen LogP contribution is 2.36. The van der Waals surface area contributed by atoms with E-state index in [1.165, 1.54) is 0 Å². The summed E-state index contributed by atoms with van der Waals surface area (Å²) in [6.07, 6.45) is 1.57. The van der Waals surface area contributed by atoms with Crippen molar-refractivity contribution in [1.29, 1.82) is 0 Å². The van der Waals surface area contributed by atoms with Crippen LogP contribution in [0.4, 0.5) is 11.6 Å². The molecule has 0 atom stereocenters. The Kier molecular flexibility index (Phi) is 3.66. The van der Waals surface area contributed by atoms with Gasteiger partial charge in [0, 0.05) is 10.9 Å². The van der Waals surface area contributed by atoms with E-state index in [1.54, 1.807) is 6.20 Å². The van der Waals surface area contributed by atoms with Crippen LogP contribution in [-0.2, 0) is 0 Å². The fourth-order valence-electron chi connectivity index (χ4n) is 2.56. The molecule has 0 bridgehead atoms. The second kappa shape index (κ2) is 6.12. The third-order valence-electron chi connectivity index (χ3n) is 3.76. The average Bonchev–Trinajstić information content (AvgIpc) is 2.95. The van der Waals surface area contributed by atoms with Gasteiger partial charge in [0.1, 0.15) is 0 Å². The Bertz CT molecular complexity index is 1070. The molecule has 7 nitrogen and oxygen atoms in total. The number of benzene rings is 2. The summed E-state index contributed by atoms with van der Waals surface area (Å²) in [6.45, 7) is 1.97. The number of hydrogen-bond donors (Lipinski definition) is 2. The standard InChI is InChI=1S/C18H14N6O/c1-11-7-8-14-13(9-11)16(17(25)20-14)22-24-18-21-15(10-19-23-18)12-5-3-2-4-6-12/h2-10,20,25H,1H3. The number of aromatic nitrogens is 4. The first kappa shape index (κ1) is 14.9. The van der Waals surface area contributed by atoms with Gasteiger partial charge in [0.25, 0.3) is 5.95 Å². The summed E-state index contributed by atoms with van der Waals surface area (Å²) in [5.41, 5.74) is 3.77. The molecule has 4 rings (SSSR count). The van der Waals surface area contributed by atoms with Crippen LogP contribution >= 0.6 is 0 Å². The molecule has 0 radical (unpaired) electrons. The van der Waals surface area contributed by atoms with Gasteiger partial charge in [0.2, 0.25) is 5.88 Å². The third kappa shape index (κ3) is 2.94. The predicted molar refractivity (Wildman–Crippen MR) is 94.1 cm³/mol. The Morgan fingerprint density at radius 3 is 2.72 bits per heavy atom. The second-order valence-electron chi connectivity index (χ2n) is 5.58. The molecule has 0 amide bonds. The predicted octanol–water partition coefficient (Wildman–Crippen LogP) is 4.45. The number of aromatic hydroxyl groups is 1. The van der Waals surface area contributed by atoms with Gasteiger partial charge in [-0.3, -0.25) is 0 Å². The molecule has 0 aliphatic heterocycles. The summed E-state index contributed by atoms with van der Waals surface area (Å²) in [6, 6.07) is 15.4. The van der Waals surface area contributed by atoms with Crippen molar-refractivity contribution in [3.63, 3.8) is 0 Å². The maximum Gasteiger partial charge on any atom is 0.288 e. The van der Waals surface area contributed by atoms with E-state index in [4.69, 9.17) is 0 Å². The van der Waals surface area contributed by atoms with Gasteiger partial charge >= 0.3 is 0 Å². The Morgan fingerprint density at radius 2 is 1.88 bits per heavy atom. The van der Waals surface area contributed by atoms with Gasteiger partial charge in [0.05, 0.1) is 17.4 Å². The number of fused-ring (bicyclic) bond motifs is 1. The fourth-order valence-corrected chi connectivity index (χ4v) is 2.56. The summed E-state index contributed by atoms with van der Waals surface area (Å²) in [5, 5.41) is 26.8. The van der Waals surface area contributed by atoms with Gasteiger partial charge in [-0.15, -0.1) is 15.3 Å². The zero-order valence-electron chi connectivity index (χ0n) is 13.4. The first-order valence-electron chi connectivity index (χ1n) is 7.69. The number of rotatable bonds is 3. The van der Waals surface area contributed by atoms with E-state index in [0.29, 0.717) is 11.4 Å². The van der Waals surface area contributed by atoms with Crippen LogP contribution in [0.15, 0.2) is 65.0 Å². The van der Waals surface area contributed by atoms with Gasteiger partial charge in [0.15, 0.2) is 5.69 Å². The minimum atomic E-state index is -0.0449. The van der Waals surface area contributed by atoms with Crippen LogP contribution in [0.25, 0.3) is 22.2 Å². The smallest absolute Gasteiger partial charge is 0.288 e. The van der Waals surface area contributed by atoms with E-state index in [0.717, 1.165) is 22.0 Å². The van der Waals surface area contributed by atoms with Crippen LogP contribution in [0.1, 0.15) is 5.56 Å². The molecule has 0 unspecified atom stereocenters. The zero-order chi connectivity index (χ0) is 17.2. The quantitative estimate of drug-likeness (QED) is 0.542. The van der Waals surface area contributed by atoms with E-state index in [2.05, 4.69) is 30.4 Å². The minimum absolute atomic E-state index is 0.0449. The molecule has 2 heterocycles. The van der Waals surface area contributed by atoms with Crippen molar-refractivity contribution in [1.82, 2.24) is 20.2 Å². The number of hydrogen-bond acceptors (Lipinski definition) is 6. The molecule has 0 fully saturated rings. The molecule has 2 N–H and O–H groups in total. The largest absolute Gasteiger partial charge is 0.493 e. The molecule has 0 spiro atoms. The van der Waals surface area contributed by atoms with Crippen LogP contribution in [0.3, 0.4) is 0 Å². The van der Waals surface area contributed by atoms with Crippen molar-refractivity contribution in [2.24, 2.45) is 10.2 Å². The Morgan fingerprint density at radius 1 is 1.04 bits per heavy atom. The lowest BCUT2D eigenvalue weighted by Gasteiger charge is -1.99. The number of aromatic amines is 1. The third-order valence-corrected chi connectivity index (χ3v) is 3.76. The first-order chi connectivity index (χ1) is 12.2. The van der Waals surface area contributed by atoms with Crippen molar-refractivity contribution >= 4 is 22.5 Å². The van der Waals surface area contributed by atoms with Gasteiger partial charge in [-0.05, 0) is 19.1 Å². The molecule has 0 saturated heterocycles. The van der Waals surface area contributed by atoms with Crippen molar-refractivity contribution in [2.75, 3.05) is 0 Å². The topological polar surface area (TPSA) is 99.4 Å². The summed E-state index contributed by atoms with van der Waals surface area (Å²) in [4.78, 5) is 7.22. The molecule has 0 aliphatic rings. The SMILES string of the molecule is Cc1ccc2[nH]c(O)c(N=Nc3nncc(-c4ccccc4)n3)c2c1. The zero-order valence-corrected chi connectivity index (χ0v) is 13.4. The highest BCUT2D eigenvalue weighted by atomic mass is 16.3. The highest BCUT2D eigenvalue weighted by Gasteiger charge is 2.11. The first-order valence-corrected chi connectivity index (χ1v) is 7.69. The minimum Gasteiger partial charge on any atom is -0.493 e. The van der Waals surface area contributed by atoms with Crippen LogP contribution in [0.5, 0.6) is 5.88 Å². The van der Waals surface area contributed by atoms with Crippen molar-refractivity contribution < 1.29 is 5.11 Å². The lowest BCUT2D eigenvalue weighted by Crippen LogP contribution is -1.89. The summed E-state index contributed by atoms with van der Waals surface area (Å²) >= 11 is 0. The lowest BCUT2D eigenvalue weighted by molar-refractivity contribution is 0.459. The molecule has 2 aromatic heterocycles. The number of azo groups is 1. The van der Waals surface area contributed by atoms with Crippen LogP contribution in [-0.4, -0.2) is 25.3 Å². The van der Waals surface area contributed by atoms with Gasteiger partial charge in [-0.25, -0.2) is 4.98 Å². The van der Waals surface area contributed by atoms with Crippen molar-refractivity contribution in [3.05, 3.63) is 60.3 Å². The molecule has 4 aromatic rings. The van der Waals surface area contributed by atoms with Gasteiger partial charge < -0.3 is 10.1 Å². The molecule has 122 valence electrons. The fraction of sp³-hybridized carbons (Fsp3) is 0.0556. The van der Waals surface area contributed by atoms with Gasteiger partial charge in [-0.1, -0.05) is 42.0 Å². The monoisotopic (exact) mass is 330 g/mol. The van der Waals surface area contributed by atoms with E-state index in [1.807, 2.05) is 55.5 Å². The number of aryl methyl sites for hydroxylation is 1. The summed E-state index contributed by atoms with van der Waals surface area (Å²) in [5.74, 6) is 0.0827. The Hall–Kier alpha value is -3.61. The summed E-state index contributed by atoms with van der Waals surface area (Å²) in [7, 11) is 0.